The van der Waals surface area contributed by atoms with Crippen LogP contribution in [0.2, 0.25) is 5.02 Å². The molecule has 0 aliphatic carbocycles. The lowest BCUT2D eigenvalue weighted by Gasteiger charge is -2.33. The molecule has 0 spiro atoms. The summed E-state index contributed by atoms with van der Waals surface area (Å²) in [4.78, 5) is 23.6. The molecule has 1 saturated heterocycles. The summed E-state index contributed by atoms with van der Waals surface area (Å²) in [6.45, 7) is 0. The van der Waals surface area contributed by atoms with Gasteiger partial charge in [-0.05, 0) is 42.0 Å². The van der Waals surface area contributed by atoms with Crippen LogP contribution in [0.15, 0.2) is 24.3 Å². The summed E-state index contributed by atoms with van der Waals surface area (Å²) >= 11 is 7.58. The molecule has 0 bridgehead atoms. The van der Waals surface area contributed by atoms with Gasteiger partial charge in [0.2, 0.25) is 5.91 Å². The molecule has 1 aliphatic rings. The van der Waals surface area contributed by atoms with E-state index in [1.807, 2.05) is 0 Å². The lowest BCUT2D eigenvalue weighted by molar-refractivity contribution is -0.148. The Balaban J connectivity index is 2.03. The minimum Gasteiger partial charge on any atom is -0.480 e. The van der Waals surface area contributed by atoms with Gasteiger partial charge < -0.3 is 10.4 Å². The Labute approximate surface area is 126 Å². The molecule has 0 unspecified atom stereocenters. The number of carbonyl (C=O) groups excluding carboxylic acids is 1. The molecule has 2 N–H and O–H groups in total. The van der Waals surface area contributed by atoms with Gasteiger partial charge >= 0.3 is 5.97 Å². The largest absolute Gasteiger partial charge is 0.480 e. The average Bonchev–Trinajstić information content (AvgIpc) is 2.39. The molecule has 2 rings (SSSR count). The summed E-state index contributed by atoms with van der Waals surface area (Å²) in [5, 5.41) is 12.7. The van der Waals surface area contributed by atoms with Gasteiger partial charge in [-0.1, -0.05) is 23.7 Å². The zero-order valence-electron chi connectivity index (χ0n) is 10.9. The molecule has 4 nitrogen and oxygen atoms in total. The Morgan fingerprint density at radius 2 is 2.05 bits per heavy atom. The van der Waals surface area contributed by atoms with Crippen LogP contribution < -0.4 is 5.32 Å². The third-order valence-electron chi connectivity index (χ3n) is 3.39. The number of amides is 1. The molecule has 0 aromatic heterocycles. The number of hydrogen-bond donors (Lipinski definition) is 2. The number of carboxylic acids is 1. The molecule has 20 heavy (non-hydrogen) atoms. The Morgan fingerprint density at radius 3 is 2.65 bits per heavy atom. The zero-order chi connectivity index (χ0) is 14.6. The molecule has 6 heteroatoms. The van der Waals surface area contributed by atoms with Crippen molar-refractivity contribution in [2.75, 3.05) is 11.5 Å². The second kappa shape index (κ2) is 6.50. The molecular formula is C14H16ClNO3S. The van der Waals surface area contributed by atoms with E-state index < -0.39 is 11.5 Å². The first kappa shape index (κ1) is 15.2. The lowest BCUT2D eigenvalue weighted by Crippen LogP contribution is -2.56. The number of rotatable bonds is 4. The van der Waals surface area contributed by atoms with Crippen molar-refractivity contribution >= 4 is 35.2 Å². The van der Waals surface area contributed by atoms with E-state index in [1.165, 1.54) is 0 Å². The highest BCUT2D eigenvalue weighted by molar-refractivity contribution is 7.99. The maximum atomic E-state index is 12.1. The highest BCUT2D eigenvalue weighted by atomic mass is 35.5. The van der Waals surface area contributed by atoms with Gasteiger partial charge in [0.05, 0.1) is 6.42 Å². The van der Waals surface area contributed by atoms with Crippen molar-refractivity contribution < 1.29 is 14.7 Å². The Bertz CT molecular complexity index is 515. The zero-order valence-corrected chi connectivity index (χ0v) is 12.5. The van der Waals surface area contributed by atoms with Crippen LogP contribution in [-0.4, -0.2) is 34.0 Å². The molecule has 108 valence electrons. The van der Waals surface area contributed by atoms with Crippen molar-refractivity contribution in [2.24, 2.45) is 0 Å². The van der Waals surface area contributed by atoms with E-state index in [2.05, 4.69) is 5.32 Å². The molecule has 1 amide bonds. The summed E-state index contributed by atoms with van der Waals surface area (Å²) in [6.07, 6.45) is 1.07. The van der Waals surface area contributed by atoms with Crippen molar-refractivity contribution in [2.45, 2.75) is 24.8 Å². The maximum Gasteiger partial charge on any atom is 0.329 e. The molecule has 1 fully saturated rings. The van der Waals surface area contributed by atoms with Gasteiger partial charge in [-0.25, -0.2) is 4.79 Å². The molecule has 0 radical (unpaired) electrons. The predicted molar refractivity (Wildman–Crippen MR) is 80.2 cm³/mol. The quantitative estimate of drug-likeness (QED) is 0.895. The maximum absolute atomic E-state index is 12.1. The smallest absolute Gasteiger partial charge is 0.329 e. The molecule has 1 aromatic carbocycles. The molecule has 1 aliphatic heterocycles. The van der Waals surface area contributed by atoms with Gasteiger partial charge in [-0.15, -0.1) is 0 Å². The third kappa shape index (κ3) is 3.67. The van der Waals surface area contributed by atoms with Crippen molar-refractivity contribution in [1.29, 1.82) is 0 Å². The van der Waals surface area contributed by atoms with Crippen molar-refractivity contribution in [1.82, 2.24) is 5.32 Å². The van der Waals surface area contributed by atoms with E-state index in [1.54, 1.807) is 36.0 Å². The first-order valence-corrected chi connectivity index (χ1v) is 7.92. The second-order valence-corrected chi connectivity index (χ2v) is 6.52. The number of carboxylic acid groups (broad SMARTS) is 1. The minimum atomic E-state index is -1.11. The van der Waals surface area contributed by atoms with Gasteiger partial charge in [0.25, 0.3) is 0 Å². The van der Waals surface area contributed by atoms with Gasteiger partial charge in [0, 0.05) is 5.02 Å². The van der Waals surface area contributed by atoms with Crippen molar-refractivity contribution in [3.63, 3.8) is 0 Å². The average molecular weight is 314 g/mol. The van der Waals surface area contributed by atoms with Crippen LogP contribution in [0.25, 0.3) is 0 Å². The third-order valence-corrected chi connectivity index (χ3v) is 4.61. The molecule has 0 saturated carbocycles. The van der Waals surface area contributed by atoms with Crippen LogP contribution in [0.3, 0.4) is 0 Å². The summed E-state index contributed by atoms with van der Waals surface area (Å²) in [5.41, 5.74) is -0.332. The molecule has 0 atom stereocenters. The number of carbonyl (C=O) groups is 2. The summed E-state index contributed by atoms with van der Waals surface area (Å²) in [5.74, 6) is 0.284. The van der Waals surface area contributed by atoms with E-state index in [0.29, 0.717) is 17.9 Å². The van der Waals surface area contributed by atoms with Crippen LogP contribution in [0, 0.1) is 0 Å². The van der Waals surface area contributed by atoms with Crippen LogP contribution in [0.1, 0.15) is 18.4 Å². The number of nitrogens with one attached hydrogen (secondary N) is 1. The van der Waals surface area contributed by atoms with E-state index in [4.69, 9.17) is 11.6 Å². The van der Waals surface area contributed by atoms with E-state index in [0.717, 1.165) is 17.1 Å². The molecule has 1 heterocycles. The fourth-order valence-corrected chi connectivity index (χ4v) is 3.66. The SMILES string of the molecule is O=C(Cc1cccc(Cl)c1)NC1(C(=O)O)CCSCC1. The van der Waals surface area contributed by atoms with E-state index in [-0.39, 0.29) is 12.3 Å². The standard InChI is InChI=1S/C14H16ClNO3S/c15-11-3-1-2-10(8-11)9-12(17)16-14(13(18)19)4-6-20-7-5-14/h1-3,8H,4-7,9H2,(H,16,17)(H,18,19). The number of benzene rings is 1. The fourth-order valence-electron chi connectivity index (χ4n) is 2.26. The number of hydrogen-bond acceptors (Lipinski definition) is 3. The summed E-state index contributed by atoms with van der Waals surface area (Å²) < 4.78 is 0. The van der Waals surface area contributed by atoms with Crippen molar-refractivity contribution in [3.05, 3.63) is 34.9 Å². The minimum absolute atomic E-state index is 0.142. The Morgan fingerprint density at radius 1 is 1.35 bits per heavy atom. The monoisotopic (exact) mass is 313 g/mol. The van der Waals surface area contributed by atoms with Gasteiger partial charge in [-0.3, -0.25) is 4.79 Å². The highest BCUT2D eigenvalue weighted by Gasteiger charge is 2.41. The van der Waals surface area contributed by atoms with Crippen LogP contribution in [0.5, 0.6) is 0 Å². The second-order valence-electron chi connectivity index (χ2n) is 4.85. The topological polar surface area (TPSA) is 66.4 Å². The van der Waals surface area contributed by atoms with E-state index in [9.17, 15) is 14.7 Å². The van der Waals surface area contributed by atoms with Crippen LogP contribution >= 0.6 is 23.4 Å². The first-order valence-electron chi connectivity index (χ1n) is 6.38. The van der Waals surface area contributed by atoms with Gasteiger partial charge in [-0.2, -0.15) is 11.8 Å². The highest BCUT2D eigenvalue weighted by Crippen LogP contribution is 2.27. The van der Waals surface area contributed by atoms with Crippen molar-refractivity contribution in [3.8, 4) is 0 Å². The number of thioether (sulfide) groups is 1. The number of aliphatic carboxylic acids is 1. The Hall–Kier alpha value is -1.20. The molecule has 1 aromatic rings. The lowest BCUT2D eigenvalue weighted by atomic mass is 9.92. The first-order chi connectivity index (χ1) is 9.52. The Kier molecular flexibility index (Phi) is 4.94. The van der Waals surface area contributed by atoms with Gasteiger partial charge in [0.1, 0.15) is 5.54 Å². The van der Waals surface area contributed by atoms with Crippen LogP contribution in [-0.2, 0) is 16.0 Å². The fraction of sp³-hybridized carbons (Fsp3) is 0.429. The summed E-state index contributed by atoms with van der Waals surface area (Å²) in [7, 11) is 0. The number of halogens is 1. The van der Waals surface area contributed by atoms with E-state index >= 15 is 0 Å². The summed E-state index contributed by atoms with van der Waals surface area (Å²) in [6, 6.07) is 7.02. The van der Waals surface area contributed by atoms with Gasteiger partial charge in [0.15, 0.2) is 0 Å². The van der Waals surface area contributed by atoms with Crippen LogP contribution in [0.4, 0.5) is 0 Å². The predicted octanol–water partition coefficient (Wildman–Crippen LogP) is 2.35. The normalized spacial score (nSPS) is 17.4. The molecular weight excluding hydrogens is 298 g/mol.